The van der Waals surface area contributed by atoms with Gasteiger partial charge in [-0.2, -0.15) is 0 Å². The van der Waals surface area contributed by atoms with Crippen LogP contribution in [0.2, 0.25) is 0 Å². The third-order valence-electron chi connectivity index (χ3n) is 5.85. The molecule has 31 heavy (non-hydrogen) atoms. The fraction of sp³-hybridized carbons (Fsp3) is 0.308. The molecule has 1 aliphatic heterocycles. The van der Waals surface area contributed by atoms with Crippen LogP contribution in [0.15, 0.2) is 60.8 Å². The lowest BCUT2D eigenvalue weighted by Gasteiger charge is -2.31. The summed E-state index contributed by atoms with van der Waals surface area (Å²) in [5.74, 6) is 0.645. The number of ketones is 1. The van der Waals surface area contributed by atoms with Gasteiger partial charge in [0.2, 0.25) is 5.88 Å². The molecule has 0 unspecified atom stereocenters. The molecule has 0 radical (unpaired) electrons. The van der Waals surface area contributed by atoms with Crippen molar-refractivity contribution in [1.82, 2.24) is 10.3 Å². The molecule has 0 amide bonds. The van der Waals surface area contributed by atoms with Crippen molar-refractivity contribution in [3.05, 3.63) is 77.5 Å². The largest absolute Gasteiger partial charge is 0.481 e. The molecule has 0 atom stereocenters. The van der Waals surface area contributed by atoms with Gasteiger partial charge in [-0.3, -0.25) is 4.79 Å². The zero-order valence-electron chi connectivity index (χ0n) is 18.2. The molecule has 0 spiro atoms. The molecule has 5 nitrogen and oxygen atoms in total. The van der Waals surface area contributed by atoms with Gasteiger partial charge in [0.25, 0.3) is 0 Å². The predicted molar refractivity (Wildman–Crippen MR) is 125 cm³/mol. The Kier molecular flexibility index (Phi) is 6.63. The van der Waals surface area contributed by atoms with E-state index in [1.165, 1.54) is 11.3 Å². The molecule has 1 aliphatic rings. The molecule has 1 aromatic heterocycles. The van der Waals surface area contributed by atoms with Crippen molar-refractivity contribution in [3.63, 3.8) is 0 Å². The number of carbonyl (C=O) groups excluding carboxylic acids is 1. The average Bonchev–Trinajstić information content (AvgIpc) is 2.84. The predicted octanol–water partition coefficient (Wildman–Crippen LogP) is 4.15. The second kappa shape index (κ2) is 9.75. The highest BCUT2D eigenvalue weighted by Crippen LogP contribution is 2.32. The summed E-state index contributed by atoms with van der Waals surface area (Å²) < 4.78 is 5.51. The minimum atomic E-state index is 0.104. The highest BCUT2D eigenvalue weighted by molar-refractivity contribution is 5.99. The Morgan fingerprint density at radius 1 is 1.06 bits per heavy atom. The van der Waals surface area contributed by atoms with E-state index >= 15 is 0 Å². The first-order chi connectivity index (χ1) is 15.2. The van der Waals surface area contributed by atoms with Gasteiger partial charge in [0.1, 0.15) is 0 Å². The summed E-state index contributed by atoms with van der Waals surface area (Å²) in [6, 6.07) is 18.0. The lowest BCUT2D eigenvalue weighted by Crippen LogP contribution is -2.43. The molecule has 4 rings (SSSR count). The van der Waals surface area contributed by atoms with Gasteiger partial charge in [0, 0.05) is 55.6 Å². The normalized spacial score (nSPS) is 13.8. The summed E-state index contributed by atoms with van der Waals surface area (Å²) in [5, 5.41) is 3.40. The molecule has 2 aromatic carbocycles. The van der Waals surface area contributed by atoms with Crippen molar-refractivity contribution < 1.29 is 9.53 Å². The van der Waals surface area contributed by atoms with Gasteiger partial charge < -0.3 is 15.0 Å². The number of hydrogen-bond donors (Lipinski definition) is 1. The van der Waals surface area contributed by atoms with Gasteiger partial charge in [-0.25, -0.2) is 4.98 Å². The van der Waals surface area contributed by atoms with Crippen LogP contribution in [0.4, 0.5) is 5.69 Å². The van der Waals surface area contributed by atoms with E-state index in [0.29, 0.717) is 12.3 Å². The lowest BCUT2D eigenvalue weighted by molar-refractivity contribution is 0.0993. The number of piperazine rings is 1. The fourth-order valence-electron chi connectivity index (χ4n) is 4.23. The first kappa shape index (κ1) is 21.1. The van der Waals surface area contributed by atoms with E-state index in [4.69, 9.17) is 4.74 Å². The van der Waals surface area contributed by atoms with Crippen LogP contribution in [-0.4, -0.2) is 44.1 Å². The Balaban J connectivity index is 1.63. The van der Waals surface area contributed by atoms with Crippen molar-refractivity contribution in [2.24, 2.45) is 0 Å². The van der Waals surface area contributed by atoms with Crippen LogP contribution in [0.5, 0.6) is 5.88 Å². The molecule has 3 aromatic rings. The number of aromatic nitrogens is 1. The number of Topliss-reactive ketones (excluding diaryl/α,β-unsaturated/α-hetero) is 1. The topological polar surface area (TPSA) is 54.5 Å². The highest BCUT2D eigenvalue weighted by Gasteiger charge is 2.19. The quantitative estimate of drug-likeness (QED) is 0.588. The van der Waals surface area contributed by atoms with E-state index in [1.807, 2.05) is 42.5 Å². The van der Waals surface area contributed by atoms with E-state index in [1.54, 1.807) is 13.3 Å². The average molecular weight is 416 g/mol. The number of carbonyl (C=O) groups is 1. The molecule has 2 heterocycles. The van der Waals surface area contributed by atoms with Crippen LogP contribution in [0.25, 0.3) is 11.1 Å². The Hall–Kier alpha value is -3.18. The van der Waals surface area contributed by atoms with Crippen molar-refractivity contribution in [1.29, 1.82) is 0 Å². The SMILES string of the molecule is CCc1cc(C(=O)Cc2ccnc(OC)c2-c2ccccc2)ccc1N1CCNCC1. The lowest BCUT2D eigenvalue weighted by atomic mass is 9.94. The minimum Gasteiger partial charge on any atom is -0.481 e. The number of nitrogens with zero attached hydrogens (tertiary/aromatic N) is 2. The third kappa shape index (κ3) is 4.62. The number of benzene rings is 2. The van der Waals surface area contributed by atoms with Crippen LogP contribution >= 0.6 is 0 Å². The Morgan fingerprint density at radius 2 is 1.84 bits per heavy atom. The molecule has 0 bridgehead atoms. The number of anilines is 1. The maximum atomic E-state index is 13.3. The number of rotatable bonds is 7. The van der Waals surface area contributed by atoms with Gasteiger partial charge in [0.15, 0.2) is 5.78 Å². The maximum absolute atomic E-state index is 13.3. The summed E-state index contributed by atoms with van der Waals surface area (Å²) >= 11 is 0. The van der Waals surface area contributed by atoms with Crippen LogP contribution in [0, 0.1) is 0 Å². The van der Waals surface area contributed by atoms with Crippen LogP contribution in [-0.2, 0) is 12.8 Å². The number of hydrogen-bond acceptors (Lipinski definition) is 5. The minimum absolute atomic E-state index is 0.104. The van der Waals surface area contributed by atoms with Gasteiger partial charge in [0.05, 0.1) is 7.11 Å². The summed E-state index contributed by atoms with van der Waals surface area (Å²) in [7, 11) is 1.61. The second-order valence-electron chi connectivity index (χ2n) is 7.75. The standard InChI is InChI=1S/C26H29N3O2/c1-3-19-17-21(9-10-23(19)29-15-13-27-14-16-29)24(30)18-22-11-12-28-26(31-2)25(22)20-7-5-4-6-8-20/h4-12,17,27H,3,13-16,18H2,1-2H3. The number of nitrogens with one attached hydrogen (secondary N) is 1. The molecular formula is C26H29N3O2. The van der Waals surface area contributed by atoms with Gasteiger partial charge in [-0.05, 0) is 47.4 Å². The summed E-state index contributed by atoms with van der Waals surface area (Å²) in [4.78, 5) is 20.0. The van der Waals surface area contributed by atoms with Crippen molar-refractivity contribution in [3.8, 4) is 17.0 Å². The first-order valence-corrected chi connectivity index (χ1v) is 10.9. The molecule has 0 saturated carbocycles. The van der Waals surface area contributed by atoms with Crippen LogP contribution in [0.1, 0.15) is 28.4 Å². The van der Waals surface area contributed by atoms with Crippen molar-refractivity contribution >= 4 is 11.5 Å². The maximum Gasteiger partial charge on any atom is 0.221 e. The molecule has 1 saturated heterocycles. The van der Waals surface area contributed by atoms with E-state index in [2.05, 4.69) is 34.3 Å². The Bertz CT molecular complexity index is 1040. The molecule has 160 valence electrons. The van der Waals surface area contributed by atoms with E-state index in [0.717, 1.165) is 54.9 Å². The molecule has 5 heteroatoms. The van der Waals surface area contributed by atoms with Crippen molar-refractivity contribution in [2.75, 3.05) is 38.2 Å². The highest BCUT2D eigenvalue weighted by atomic mass is 16.5. The molecular weight excluding hydrogens is 386 g/mol. The zero-order valence-corrected chi connectivity index (χ0v) is 18.2. The van der Waals surface area contributed by atoms with Gasteiger partial charge >= 0.3 is 0 Å². The monoisotopic (exact) mass is 415 g/mol. The third-order valence-corrected chi connectivity index (χ3v) is 5.85. The van der Waals surface area contributed by atoms with Crippen LogP contribution < -0.4 is 15.0 Å². The van der Waals surface area contributed by atoms with Gasteiger partial charge in [-0.1, -0.05) is 37.3 Å². The molecule has 0 aliphatic carbocycles. The van der Waals surface area contributed by atoms with E-state index < -0.39 is 0 Å². The Morgan fingerprint density at radius 3 is 2.55 bits per heavy atom. The zero-order chi connectivity index (χ0) is 21.6. The number of aryl methyl sites for hydroxylation is 1. The van der Waals surface area contributed by atoms with E-state index in [9.17, 15) is 4.79 Å². The summed E-state index contributed by atoms with van der Waals surface area (Å²) in [6.07, 6.45) is 2.91. The van der Waals surface area contributed by atoms with Crippen molar-refractivity contribution in [2.45, 2.75) is 19.8 Å². The molecule has 1 N–H and O–H groups in total. The number of pyridine rings is 1. The first-order valence-electron chi connectivity index (χ1n) is 10.9. The molecule has 1 fully saturated rings. The van der Waals surface area contributed by atoms with Crippen LogP contribution in [0.3, 0.4) is 0 Å². The van der Waals surface area contributed by atoms with Gasteiger partial charge in [-0.15, -0.1) is 0 Å². The summed E-state index contributed by atoms with van der Waals surface area (Å²) in [6.45, 7) is 6.14. The summed E-state index contributed by atoms with van der Waals surface area (Å²) in [5.41, 5.74) is 6.03. The fourth-order valence-corrected chi connectivity index (χ4v) is 4.23. The second-order valence-corrected chi connectivity index (χ2v) is 7.75. The Labute approximate surface area is 184 Å². The number of ether oxygens (including phenoxy) is 1. The number of methoxy groups -OCH3 is 1. The van der Waals surface area contributed by atoms with E-state index in [-0.39, 0.29) is 5.78 Å². The smallest absolute Gasteiger partial charge is 0.221 e.